The molecular formula is C16H22N6OS. The van der Waals surface area contributed by atoms with Crippen molar-refractivity contribution in [2.45, 2.75) is 39.2 Å². The normalized spacial score (nSPS) is 15.3. The molecule has 3 heterocycles. The predicted molar refractivity (Wildman–Crippen MR) is 93.5 cm³/mol. The molecule has 1 amide bonds. The lowest BCUT2D eigenvalue weighted by molar-refractivity contribution is 0.0709. The summed E-state index contributed by atoms with van der Waals surface area (Å²) < 4.78 is 3.83. The van der Waals surface area contributed by atoms with E-state index in [1.54, 1.807) is 4.90 Å². The highest BCUT2D eigenvalue weighted by atomic mass is 32.1. The van der Waals surface area contributed by atoms with Crippen molar-refractivity contribution in [3.63, 3.8) is 0 Å². The van der Waals surface area contributed by atoms with Crippen LogP contribution < -0.4 is 4.90 Å². The summed E-state index contributed by atoms with van der Waals surface area (Å²) in [5.41, 5.74) is 1.66. The average molecular weight is 346 g/mol. The van der Waals surface area contributed by atoms with E-state index < -0.39 is 0 Å². The number of aromatic nitrogens is 4. The highest BCUT2D eigenvalue weighted by Gasteiger charge is 2.35. The number of nitrogens with zero attached hydrogens (tertiary/aromatic N) is 6. The average Bonchev–Trinajstić information content (AvgIpc) is 2.90. The minimum absolute atomic E-state index is 0.00368. The van der Waals surface area contributed by atoms with E-state index in [0.717, 1.165) is 36.1 Å². The van der Waals surface area contributed by atoms with Crippen LogP contribution in [0.1, 0.15) is 41.8 Å². The first-order valence-electron chi connectivity index (χ1n) is 7.92. The fraction of sp³-hybridized carbons (Fsp3) is 0.562. The SMILES string of the molecule is Cc1nnsc1C(=O)N(C)C1CN(c2ccc(C(C)(C)C)nn2)C1. The number of carbonyl (C=O) groups is 1. The van der Waals surface area contributed by atoms with Crippen molar-refractivity contribution in [3.05, 3.63) is 28.4 Å². The fourth-order valence-electron chi connectivity index (χ4n) is 2.53. The summed E-state index contributed by atoms with van der Waals surface area (Å²) in [6.45, 7) is 9.69. The van der Waals surface area contributed by atoms with Crippen molar-refractivity contribution < 1.29 is 4.79 Å². The van der Waals surface area contributed by atoms with Crippen molar-refractivity contribution in [3.8, 4) is 0 Å². The van der Waals surface area contributed by atoms with Crippen LogP contribution >= 0.6 is 11.5 Å². The lowest BCUT2D eigenvalue weighted by Crippen LogP contribution is -2.60. The van der Waals surface area contributed by atoms with Gasteiger partial charge >= 0.3 is 0 Å². The number of hydrogen-bond acceptors (Lipinski definition) is 7. The molecule has 1 aliphatic rings. The van der Waals surface area contributed by atoms with E-state index in [1.165, 1.54) is 0 Å². The molecule has 0 spiro atoms. The molecule has 2 aromatic heterocycles. The van der Waals surface area contributed by atoms with E-state index in [1.807, 2.05) is 26.1 Å². The lowest BCUT2D eigenvalue weighted by Gasteiger charge is -2.44. The number of amides is 1. The summed E-state index contributed by atoms with van der Waals surface area (Å²) in [6.07, 6.45) is 0. The number of carbonyl (C=O) groups excluding carboxylic acids is 1. The number of likely N-dealkylation sites (N-methyl/N-ethyl adjacent to an activating group) is 1. The molecule has 0 saturated carbocycles. The van der Waals surface area contributed by atoms with Crippen molar-refractivity contribution >= 4 is 23.3 Å². The van der Waals surface area contributed by atoms with Crippen molar-refractivity contribution in [1.29, 1.82) is 0 Å². The molecule has 3 rings (SSSR count). The largest absolute Gasteiger partial charge is 0.351 e. The van der Waals surface area contributed by atoms with Gasteiger partial charge in [0.1, 0.15) is 4.88 Å². The van der Waals surface area contributed by atoms with Crippen LogP contribution in [-0.4, -0.2) is 56.8 Å². The molecule has 7 nitrogen and oxygen atoms in total. The Morgan fingerprint density at radius 2 is 1.96 bits per heavy atom. The standard InChI is InChI=1S/C16H22N6OS/c1-10-14(24-20-17-10)15(23)21(5)11-8-22(9-11)13-7-6-12(18-19-13)16(2,3)4/h6-7,11H,8-9H2,1-5H3. The smallest absolute Gasteiger partial charge is 0.267 e. The van der Waals surface area contributed by atoms with Crippen molar-refractivity contribution in [2.75, 3.05) is 25.0 Å². The van der Waals surface area contributed by atoms with Gasteiger partial charge in [-0.05, 0) is 30.6 Å². The topological polar surface area (TPSA) is 75.1 Å². The van der Waals surface area contributed by atoms with Gasteiger partial charge in [0, 0.05) is 25.6 Å². The Balaban J connectivity index is 1.61. The number of aryl methyl sites for hydroxylation is 1. The van der Waals surface area contributed by atoms with Crippen LogP contribution in [-0.2, 0) is 5.41 Å². The Morgan fingerprint density at radius 1 is 1.25 bits per heavy atom. The van der Waals surface area contributed by atoms with Gasteiger partial charge in [-0.2, -0.15) is 5.10 Å². The summed E-state index contributed by atoms with van der Waals surface area (Å²) in [5.74, 6) is 0.844. The van der Waals surface area contributed by atoms with Crippen LogP contribution in [0.3, 0.4) is 0 Å². The van der Waals surface area contributed by atoms with Crippen LogP contribution in [0.4, 0.5) is 5.82 Å². The van der Waals surface area contributed by atoms with Crippen LogP contribution in [0, 0.1) is 6.92 Å². The molecule has 0 radical (unpaired) electrons. The van der Waals surface area contributed by atoms with Gasteiger partial charge in [0.2, 0.25) is 0 Å². The van der Waals surface area contributed by atoms with E-state index in [0.29, 0.717) is 10.6 Å². The van der Waals surface area contributed by atoms with Gasteiger partial charge in [-0.25, -0.2) is 0 Å². The highest BCUT2D eigenvalue weighted by Crippen LogP contribution is 2.25. The van der Waals surface area contributed by atoms with Crippen LogP contribution in [0.25, 0.3) is 0 Å². The molecule has 0 N–H and O–H groups in total. The molecule has 0 bridgehead atoms. The first kappa shape index (κ1) is 16.8. The zero-order valence-electron chi connectivity index (χ0n) is 14.6. The second-order valence-electron chi connectivity index (χ2n) is 7.19. The maximum Gasteiger partial charge on any atom is 0.267 e. The second-order valence-corrected chi connectivity index (χ2v) is 7.94. The highest BCUT2D eigenvalue weighted by molar-refractivity contribution is 7.07. The molecule has 2 aromatic rings. The number of rotatable bonds is 3. The van der Waals surface area contributed by atoms with Crippen LogP contribution in [0.2, 0.25) is 0 Å². The van der Waals surface area contributed by atoms with Crippen LogP contribution in [0.5, 0.6) is 0 Å². The fourth-order valence-corrected chi connectivity index (χ4v) is 3.17. The van der Waals surface area contributed by atoms with E-state index in [-0.39, 0.29) is 17.4 Å². The van der Waals surface area contributed by atoms with Gasteiger partial charge in [-0.1, -0.05) is 25.3 Å². The third-order valence-corrected chi connectivity index (χ3v) is 5.13. The van der Waals surface area contributed by atoms with Gasteiger partial charge < -0.3 is 9.80 Å². The molecule has 0 atom stereocenters. The Labute approximate surface area is 145 Å². The Kier molecular flexibility index (Phi) is 4.25. The third-order valence-electron chi connectivity index (χ3n) is 4.32. The van der Waals surface area contributed by atoms with Crippen LogP contribution in [0.15, 0.2) is 12.1 Å². The zero-order chi connectivity index (χ0) is 17.5. The summed E-state index contributed by atoms with van der Waals surface area (Å²) in [6, 6.07) is 4.20. The summed E-state index contributed by atoms with van der Waals surface area (Å²) in [4.78, 5) is 17.0. The minimum Gasteiger partial charge on any atom is -0.351 e. The molecule has 128 valence electrons. The summed E-state index contributed by atoms with van der Waals surface area (Å²) in [5, 5.41) is 12.6. The zero-order valence-corrected chi connectivity index (χ0v) is 15.5. The van der Waals surface area contributed by atoms with Gasteiger partial charge in [0.25, 0.3) is 5.91 Å². The maximum atomic E-state index is 12.5. The van der Waals surface area contributed by atoms with Gasteiger partial charge in [0.15, 0.2) is 5.82 Å². The van der Waals surface area contributed by atoms with E-state index in [4.69, 9.17) is 0 Å². The van der Waals surface area contributed by atoms with Crippen molar-refractivity contribution in [2.24, 2.45) is 0 Å². The van der Waals surface area contributed by atoms with E-state index in [9.17, 15) is 4.79 Å². The molecule has 0 aliphatic carbocycles. The van der Waals surface area contributed by atoms with E-state index >= 15 is 0 Å². The number of anilines is 1. The van der Waals surface area contributed by atoms with E-state index in [2.05, 4.69) is 45.5 Å². The molecule has 1 saturated heterocycles. The Bertz CT molecular complexity index is 730. The molecule has 0 unspecified atom stereocenters. The second kappa shape index (κ2) is 6.08. The molecule has 24 heavy (non-hydrogen) atoms. The summed E-state index contributed by atoms with van der Waals surface area (Å²) >= 11 is 1.15. The lowest BCUT2D eigenvalue weighted by atomic mass is 9.92. The number of hydrogen-bond donors (Lipinski definition) is 0. The Morgan fingerprint density at radius 3 is 2.46 bits per heavy atom. The monoisotopic (exact) mass is 346 g/mol. The summed E-state index contributed by atoms with van der Waals surface area (Å²) in [7, 11) is 1.83. The molecule has 8 heteroatoms. The first-order valence-corrected chi connectivity index (χ1v) is 8.70. The molecular weight excluding hydrogens is 324 g/mol. The molecule has 0 aromatic carbocycles. The van der Waals surface area contributed by atoms with Gasteiger partial charge in [-0.15, -0.1) is 10.2 Å². The minimum atomic E-state index is -0.0127. The quantitative estimate of drug-likeness (QED) is 0.845. The molecule has 1 fully saturated rings. The first-order chi connectivity index (χ1) is 11.3. The van der Waals surface area contributed by atoms with Crippen molar-refractivity contribution in [1.82, 2.24) is 24.7 Å². The van der Waals surface area contributed by atoms with Gasteiger partial charge in [-0.3, -0.25) is 4.79 Å². The third kappa shape index (κ3) is 3.10. The maximum absolute atomic E-state index is 12.5. The van der Waals surface area contributed by atoms with Gasteiger partial charge in [0.05, 0.1) is 17.4 Å². The Hall–Kier alpha value is -2.09. The predicted octanol–water partition coefficient (Wildman–Crippen LogP) is 1.89. The molecule has 1 aliphatic heterocycles.